The average molecular weight is 419 g/mol. The maximum atomic E-state index is 6.25. The highest BCUT2D eigenvalue weighted by Gasteiger charge is 2.18. The summed E-state index contributed by atoms with van der Waals surface area (Å²) in [6.45, 7) is 0. The summed E-state index contributed by atoms with van der Waals surface area (Å²) in [5, 5.41) is 0.691. The third kappa shape index (κ3) is 3.58. The average Bonchev–Trinajstić information content (AvgIpc) is 3.53. The second-order valence-electron chi connectivity index (χ2n) is 7.45. The van der Waals surface area contributed by atoms with E-state index in [-0.39, 0.29) is 0 Å². The molecule has 0 N–H and O–H groups in total. The smallest absolute Gasteiger partial charge is 0.0737 e. The van der Waals surface area contributed by atoms with Gasteiger partial charge in [-0.25, -0.2) is 20.0 Å². The number of hydrogen-bond acceptors (Lipinski definition) is 4. The largest absolute Gasteiger partial charge is 0.249 e. The zero-order valence-corrected chi connectivity index (χ0v) is 17.1. The van der Waals surface area contributed by atoms with Gasteiger partial charge in [-0.2, -0.15) is 0 Å². The second-order valence-corrected chi connectivity index (χ2v) is 7.89. The van der Waals surface area contributed by atoms with E-state index in [0.717, 1.165) is 56.8 Å². The Labute approximate surface area is 184 Å². The van der Waals surface area contributed by atoms with Gasteiger partial charge in [0.2, 0.25) is 0 Å². The van der Waals surface area contributed by atoms with E-state index in [4.69, 9.17) is 21.6 Å². The Morgan fingerprint density at radius 3 is 1.74 bits per heavy atom. The molecule has 0 spiro atoms. The Kier molecular flexibility index (Phi) is 4.11. The molecule has 0 aromatic heterocycles. The first-order chi connectivity index (χ1) is 15.2. The van der Waals surface area contributed by atoms with Gasteiger partial charge in [-0.1, -0.05) is 23.7 Å². The Balaban J connectivity index is 1.51. The quantitative estimate of drug-likeness (QED) is 0.556. The van der Waals surface area contributed by atoms with E-state index in [1.165, 1.54) is 0 Å². The first-order valence-corrected chi connectivity index (χ1v) is 10.3. The van der Waals surface area contributed by atoms with Crippen LogP contribution in [0.1, 0.15) is 5.56 Å². The van der Waals surface area contributed by atoms with Crippen molar-refractivity contribution in [3.05, 3.63) is 124 Å². The van der Waals surface area contributed by atoms with Crippen LogP contribution in [-0.4, -0.2) is 22.8 Å². The molecule has 0 saturated carbocycles. The van der Waals surface area contributed by atoms with Gasteiger partial charge >= 0.3 is 0 Å². The van der Waals surface area contributed by atoms with Crippen LogP contribution in [-0.2, 0) is 0 Å². The van der Waals surface area contributed by atoms with E-state index in [1.807, 2.05) is 85.0 Å². The van der Waals surface area contributed by atoms with Crippen LogP contribution in [0.15, 0.2) is 134 Å². The van der Waals surface area contributed by atoms with Crippen molar-refractivity contribution in [3.63, 3.8) is 0 Å². The lowest BCUT2D eigenvalue weighted by molar-refractivity contribution is 1.41. The molecule has 5 aliphatic heterocycles. The lowest BCUT2D eigenvalue weighted by Gasteiger charge is -2.04. The number of fused-ring (bicyclic) bond motifs is 4. The van der Waals surface area contributed by atoms with Gasteiger partial charge in [0.25, 0.3) is 0 Å². The van der Waals surface area contributed by atoms with Crippen LogP contribution in [0, 0.1) is 0 Å². The zero-order chi connectivity index (χ0) is 20.8. The van der Waals surface area contributed by atoms with Crippen LogP contribution in [0.3, 0.4) is 0 Å². The molecular formula is C26H15ClN4. The van der Waals surface area contributed by atoms with Gasteiger partial charge in [-0.15, -0.1) is 0 Å². The minimum absolute atomic E-state index is 0.691. The fraction of sp³-hybridized carbons (Fsp3) is 0. The van der Waals surface area contributed by atoms with Crippen molar-refractivity contribution in [1.82, 2.24) is 0 Å². The van der Waals surface area contributed by atoms with E-state index in [2.05, 4.69) is 16.1 Å². The predicted molar refractivity (Wildman–Crippen MR) is 129 cm³/mol. The summed E-state index contributed by atoms with van der Waals surface area (Å²) in [7, 11) is 0. The summed E-state index contributed by atoms with van der Waals surface area (Å²) in [6, 6.07) is 7.81. The molecule has 31 heavy (non-hydrogen) atoms. The van der Waals surface area contributed by atoms with Crippen molar-refractivity contribution in [2.75, 3.05) is 0 Å². The Hall–Kier alpha value is -3.89. The van der Waals surface area contributed by atoms with Gasteiger partial charge in [-0.3, -0.25) is 0 Å². The number of halogens is 1. The monoisotopic (exact) mass is 418 g/mol. The van der Waals surface area contributed by atoms with Crippen molar-refractivity contribution in [2.45, 2.75) is 0 Å². The van der Waals surface area contributed by atoms with Gasteiger partial charge in [-0.05, 0) is 84.5 Å². The van der Waals surface area contributed by atoms with Crippen LogP contribution in [0.4, 0.5) is 0 Å². The fourth-order valence-corrected chi connectivity index (χ4v) is 3.97. The van der Waals surface area contributed by atoms with Crippen molar-refractivity contribution < 1.29 is 0 Å². The highest BCUT2D eigenvalue weighted by atomic mass is 35.5. The molecule has 4 nitrogen and oxygen atoms in total. The summed E-state index contributed by atoms with van der Waals surface area (Å²) in [5.41, 5.74) is 8.87. The molecule has 8 bridgehead atoms. The molecule has 5 aliphatic rings. The second kappa shape index (κ2) is 7.11. The number of aliphatic imine (C=N–C) groups is 4. The lowest BCUT2D eigenvalue weighted by Crippen LogP contribution is -1.90. The number of hydrogen-bond donors (Lipinski definition) is 0. The standard InChI is InChI=1S/C26H15ClN4/c27-17-3-1-2-16(10-17)25-14-24-13-22-7-6-20(29-22)11-18-4-5-19(28-18)12-21-8-9-23(30-21)15-26(25)31-24/h1-15H. The van der Waals surface area contributed by atoms with Gasteiger partial charge in [0, 0.05) is 10.6 Å². The maximum absolute atomic E-state index is 6.25. The van der Waals surface area contributed by atoms with Crippen LogP contribution in [0.25, 0.3) is 5.57 Å². The summed E-state index contributed by atoms with van der Waals surface area (Å²) in [5.74, 6) is 0. The zero-order valence-electron chi connectivity index (χ0n) is 16.3. The molecule has 0 atom stereocenters. The third-order valence-corrected chi connectivity index (χ3v) is 5.41. The number of nitrogens with zero attached hydrogens (tertiary/aromatic N) is 4. The van der Waals surface area contributed by atoms with E-state index in [9.17, 15) is 0 Å². The van der Waals surface area contributed by atoms with E-state index in [0.29, 0.717) is 5.02 Å². The molecule has 0 radical (unpaired) electrons. The first kappa shape index (κ1) is 17.9. The van der Waals surface area contributed by atoms with E-state index < -0.39 is 0 Å². The van der Waals surface area contributed by atoms with Crippen LogP contribution < -0.4 is 0 Å². The highest BCUT2D eigenvalue weighted by molar-refractivity contribution is 6.31. The minimum atomic E-state index is 0.691. The molecule has 1 aromatic rings. The van der Waals surface area contributed by atoms with Crippen LogP contribution in [0.2, 0.25) is 5.02 Å². The maximum Gasteiger partial charge on any atom is 0.0737 e. The lowest BCUT2D eigenvalue weighted by atomic mass is 10.0. The van der Waals surface area contributed by atoms with Crippen molar-refractivity contribution in [2.24, 2.45) is 20.0 Å². The minimum Gasteiger partial charge on any atom is -0.249 e. The molecular weight excluding hydrogens is 404 g/mol. The van der Waals surface area contributed by atoms with Crippen molar-refractivity contribution in [1.29, 1.82) is 0 Å². The van der Waals surface area contributed by atoms with Crippen LogP contribution >= 0.6 is 11.6 Å². The molecule has 0 amide bonds. The first-order valence-electron chi connectivity index (χ1n) is 9.92. The van der Waals surface area contributed by atoms with Gasteiger partial charge < -0.3 is 0 Å². The molecule has 6 rings (SSSR count). The summed E-state index contributed by atoms with van der Waals surface area (Å²) < 4.78 is 0. The van der Waals surface area contributed by atoms with E-state index >= 15 is 0 Å². The highest BCUT2D eigenvalue weighted by Crippen LogP contribution is 2.32. The Morgan fingerprint density at radius 2 is 1.13 bits per heavy atom. The van der Waals surface area contributed by atoms with E-state index in [1.54, 1.807) is 0 Å². The van der Waals surface area contributed by atoms with Gasteiger partial charge in [0.15, 0.2) is 0 Å². The molecule has 0 saturated heterocycles. The summed E-state index contributed by atoms with van der Waals surface area (Å²) in [6.07, 6.45) is 21.9. The predicted octanol–water partition coefficient (Wildman–Crippen LogP) is 5.76. The van der Waals surface area contributed by atoms with Gasteiger partial charge in [0.1, 0.15) is 0 Å². The van der Waals surface area contributed by atoms with Crippen molar-refractivity contribution in [3.8, 4) is 0 Å². The Morgan fingerprint density at radius 1 is 0.548 bits per heavy atom. The molecule has 0 unspecified atom stereocenters. The molecule has 5 heteroatoms. The molecule has 146 valence electrons. The number of allylic oxidation sites excluding steroid dienone is 12. The topological polar surface area (TPSA) is 49.4 Å². The van der Waals surface area contributed by atoms with Crippen LogP contribution in [0.5, 0.6) is 0 Å². The van der Waals surface area contributed by atoms with Crippen molar-refractivity contribution >= 4 is 40.0 Å². The number of benzene rings is 1. The molecule has 0 fully saturated rings. The number of rotatable bonds is 1. The molecule has 0 aliphatic carbocycles. The fourth-order valence-electron chi connectivity index (χ4n) is 3.78. The SMILES string of the molecule is Clc1cccc(C2=CC3=NC2=CC2=NC(=CC4=NC(=CC5=NC(=C3)C=C5)C=C4)C=C2)c1. The Bertz CT molecular complexity index is 1410. The molecule has 1 aromatic carbocycles. The summed E-state index contributed by atoms with van der Waals surface area (Å²) in [4.78, 5) is 18.9. The van der Waals surface area contributed by atoms with Gasteiger partial charge in [0.05, 0.1) is 45.6 Å². The molecule has 5 heterocycles. The summed E-state index contributed by atoms with van der Waals surface area (Å²) >= 11 is 6.25. The normalized spacial score (nSPS) is 20.5. The third-order valence-electron chi connectivity index (χ3n) is 5.17.